The van der Waals surface area contributed by atoms with Crippen molar-refractivity contribution >= 4 is 64.0 Å². The standard InChI is InChI=1S/C36H40N2O4S/c1-19(2)9-11-24-13-14-25(43-24)12-10-23-15-27-31-30-28(34(40)37(17-20(3)4)35(41)29(23)30)16-26(22(7)8)32(31)36(42)38(33(27)39)18-21(5)6/h9-16,19-22H,17-18H2,1-8H3/b11-9+,12-10+. The highest BCUT2D eigenvalue weighted by Gasteiger charge is 2.42. The van der Waals surface area contributed by atoms with Gasteiger partial charge >= 0.3 is 0 Å². The Morgan fingerprint density at radius 2 is 1.16 bits per heavy atom. The van der Waals surface area contributed by atoms with E-state index >= 15 is 0 Å². The molecule has 0 N–H and O–H groups in total. The number of nitrogens with zero attached hydrogens (tertiary/aromatic N) is 2. The van der Waals surface area contributed by atoms with E-state index in [0.29, 0.717) is 44.5 Å². The summed E-state index contributed by atoms with van der Waals surface area (Å²) in [5.41, 5.74) is 2.83. The van der Waals surface area contributed by atoms with Crippen molar-refractivity contribution in [1.29, 1.82) is 0 Å². The Morgan fingerprint density at radius 1 is 0.651 bits per heavy atom. The summed E-state index contributed by atoms with van der Waals surface area (Å²) in [5, 5.41) is 0.857. The lowest BCUT2D eigenvalue weighted by molar-refractivity contribution is 0.0570. The van der Waals surface area contributed by atoms with Gasteiger partial charge in [-0.3, -0.25) is 29.0 Å². The molecule has 5 rings (SSSR count). The lowest BCUT2D eigenvalue weighted by Gasteiger charge is -2.35. The van der Waals surface area contributed by atoms with Crippen LogP contribution >= 0.6 is 11.3 Å². The van der Waals surface area contributed by atoms with Crippen molar-refractivity contribution in [2.75, 3.05) is 13.1 Å². The van der Waals surface area contributed by atoms with Crippen molar-refractivity contribution in [3.8, 4) is 0 Å². The fourth-order valence-corrected chi connectivity index (χ4v) is 6.70. The molecule has 2 aliphatic heterocycles. The van der Waals surface area contributed by atoms with Crippen LogP contribution in [0.1, 0.15) is 124 Å². The third-order valence-corrected chi connectivity index (χ3v) is 8.79. The van der Waals surface area contributed by atoms with Gasteiger partial charge < -0.3 is 0 Å². The van der Waals surface area contributed by atoms with Gasteiger partial charge in [-0.2, -0.15) is 0 Å². The van der Waals surface area contributed by atoms with Crippen LogP contribution in [0.5, 0.6) is 0 Å². The second kappa shape index (κ2) is 11.7. The Labute approximate surface area is 258 Å². The Balaban J connectivity index is 1.80. The Kier molecular flexibility index (Phi) is 8.32. The van der Waals surface area contributed by atoms with Gasteiger partial charge in [0.1, 0.15) is 0 Å². The van der Waals surface area contributed by atoms with Crippen LogP contribution in [0.2, 0.25) is 0 Å². The average molecular weight is 597 g/mol. The van der Waals surface area contributed by atoms with E-state index in [1.807, 2.05) is 59.8 Å². The van der Waals surface area contributed by atoms with E-state index < -0.39 is 5.91 Å². The molecule has 3 heterocycles. The maximum atomic E-state index is 14.1. The number of carbonyl (C=O) groups is 4. The van der Waals surface area contributed by atoms with Gasteiger partial charge in [0, 0.05) is 44.7 Å². The molecule has 0 bridgehead atoms. The summed E-state index contributed by atoms with van der Waals surface area (Å²) in [7, 11) is 0. The smallest absolute Gasteiger partial charge is 0.262 e. The number of benzene rings is 2. The molecular weight excluding hydrogens is 556 g/mol. The van der Waals surface area contributed by atoms with Crippen LogP contribution < -0.4 is 0 Å². The number of hydrogen-bond acceptors (Lipinski definition) is 5. The van der Waals surface area contributed by atoms with Gasteiger partial charge in [0.05, 0.1) is 11.1 Å². The Morgan fingerprint density at radius 3 is 1.70 bits per heavy atom. The highest BCUT2D eigenvalue weighted by Crippen LogP contribution is 2.43. The lowest BCUT2D eigenvalue weighted by Crippen LogP contribution is -2.46. The van der Waals surface area contributed by atoms with Crippen molar-refractivity contribution in [2.24, 2.45) is 17.8 Å². The fraction of sp³-hybridized carbons (Fsp3) is 0.389. The maximum Gasteiger partial charge on any atom is 0.262 e. The van der Waals surface area contributed by atoms with Gasteiger partial charge in [0.15, 0.2) is 0 Å². The average Bonchev–Trinajstić information content (AvgIpc) is 3.40. The van der Waals surface area contributed by atoms with Gasteiger partial charge in [0.25, 0.3) is 23.6 Å². The van der Waals surface area contributed by atoms with Gasteiger partial charge in [-0.15, -0.1) is 11.3 Å². The molecule has 0 saturated carbocycles. The molecule has 0 spiro atoms. The molecule has 0 radical (unpaired) electrons. The highest BCUT2D eigenvalue weighted by atomic mass is 32.1. The van der Waals surface area contributed by atoms with Gasteiger partial charge in [-0.05, 0) is 71.2 Å². The van der Waals surface area contributed by atoms with Crippen LogP contribution in [0.3, 0.4) is 0 Å². The number of hydrogen-bond donors (Lipinski definition) is 0. The molecular formula is C36H40N2O4S. The van der Waals surface area contributed by atoms with E-state index in [0.717, 1.165) is 15.3 Å². The van der Waals surface area contributed by atoms with Crippen molar-refractivity contribution in [2.45, 2.75) is 61.3 Å². The van der Waals surface area contributed by atoms with Crippen LogP contribution in [-0.4, -0.2) is 46.5 Å². The third kappa shape index (κ3) is 5.51. The lowest BCUT2D eigenvalue weighted by atomic mass is 9.79. The molecule has 1 aromatic heterocycles. The molecule has 0 aliphatic carbocycles. The quantitative estimate of drug-likeness (QED) is 0.233. The van der Waals surface area contributed by atoms with Crippen molar-refractivity contribution in [1.82, 2.24) is 9.80 Å². The van der Waals surface area contributed by atoms with Gasteiger partial charge in [0.2, 0.25) is 0 Å². The van der Waals surface area contributed by atoms with E-state index in [1.54, 1.807) is 23.5 Å². The Bertz CT molecular complexity index is 1720. The van der Waals surface area contributed by atoms with Crippen LogP contribution in [0.4, 0.5) is 0 Å². The zero-order valence-corrected chi connectivity index (χ0v) is 27.1. The summed E-state index contributed by atoms with van der Waals surface area (Å²) in [5.74, 6) is -1.00. The molecule has 4 amide bonds. The van der Waals surface area contributed by atoms with E-state index in [4.69, 9.17) is 0 Å². The number of carbonyl (C=O) groups excluding carboxylic acids is 4. The first-order valence-corrected chi connectivity index (χ1v) is 16.0. The maximum absolute atomic E-state index is 14.1. The van der Waals surface area contributed by atoms with Crippen LogP contribution in [0.25, 0.3) is 29.0 Å². The molecule has 6 nitrogen and oxygen atoms in total. The highest BCUT2D eigenvalue weighted by molar-refractivity contribution is 7.13. The summed E-state index contributed by atoms with van der Waals surface area (Å²) >= 11 is 1.63. The summed E-state index contributed by atoms with van der Waals surface area (Å²) < 4.78 is 0. The molecule has 0 atom stereocenters. The van der Waals surface area contributed by atoms with Crippen LogP contribution in [-0.2, 0) is 0 Å². The first kappa shape index (κ1) is 30.6. The summed E-state index contributed by atoms with van der Waals surface area (Å²) in [4.78, 5) is 60.8. The largest absolute Gasteiger partial charge is 0.274 e. The van der Waals surface area contributed by atoms with Crippen LogP contribution in [0, 0.1) is 17.8 Å². The zero-order valence-electron chi connectivity index (χ0n) is 26.3. The van der Waals surface area contributed by atoms with Gasteiger partial charge in [-0.25, -0.2) is 0 Å². The zero-order chi connectivity index (χ0) is 31.3. The molecule has 0 saturated heterocycles. The second-order valence-electron chi connectivity index (χ2n) is 13.1. The van der Waals surface area contributed by atoms with Crippen LogP contribution in [0.15, 0.2) is 30.3 Å². The molecule has 7 heteroatoms. The van der Waals surface area contributed by atoms with E-state index in [1.165, 1.54) is 9.80 Å². The second-order valence-corrected chi connectivity index (χ2v) is 14.2. The number of allylic oxidation sites excluding steroid dienone is 1. The molecule has 2 aromatic carbocycles. The first-order valence-electron chi connectivity index (χ1n) is 15.2. The van der Waals surface area contributed by atoms with Crippen molar-refractivity contribution in [3.63, 3.8) is 0 Å². The first-order chi connectivity index (χ1) is 20.3. The van der Waals surface area contributed by atoms with E-state index in [-0.39, 0.29) is 48.6 Å². The number of thiophene rings is 1. The normalized spacial score (nSPS) is 15.4. The monoisotopic (exact) mass is 596 g/mol. The fourth-order valence-electron chi connectivity index (χ4n) is 5.88. The Hall–Kier alpha value is -3.84. The van der Waals surface area contributed by atoms with Crippen molar-refractivity contribution in [3.05, 3.63) is 73.5 Å². The summed E-state index contributed by atoms with van der Waals surface area (Å²) in [6.45, 7) is 16.7. The minimum Gasteiger partial charge on any atom is -0.274 e. The molecule has 0 unspecified atom stereocenters. The van der Waals surface area contributed by atoms with E-state index in [9.17, 15) is 19.2 Å². The SMILES string of the molecule is CC(C)/C=C/c1ccc(/C=C/c2cc3c4c(c(C(C)C)cc5c4c2C(=O)N(CC(C)C)C5=O)C(=O)N(CC(C)C)C3=O)s1. The third-order valence-electron chi connectivity index (χ3n) is 7.77. The van der Waals surface area contributed by atoms with Crippen molar-refractivity contribution < 1.29 is 19.2 Å². The molecule has 0 fully saturated rings. The minimum absolute atomic E-state index is 0.0714. The summed E-state index contributed by atoms with van der Waals surface area (Å²) in [6.07, 6.45) is 8.07. The molecule has 224 valence electrons. The summed E-state index contributed by atoms with van der Waals surface area (Å²) in [6, 6.07) is 7.63. The predicted molar refractivity (Wildman–Crippen MR) is 176 cm³/mol. The number of rotatable bonds is 9. The molecule has 43 heavy (non-hydrogen) atoms. The minimum atomic E-state index is -0.392. The predicted octanol–water partition coefficient (Wildman–Crippen LogP) is 8.37. The molecule has 3 aromatic rings. The van der Waals surface area contributed by atoms with Gasteiger partial charge in [-0.1, -0.05) is 67.5 Å². The number of imide groups is 2. The van der Waals surface area contributed by atoms with E-state index in [2.05, 4.69) is 32.1 Å². The topological polar surface area (TPSA) is 74.8 Å². The number of amides is 4. The molecule has 2 aliphatic rings.